The third kappa shape index (κ3) is 3.78. The van der Waals surface area contributed by atoms with E-state index in [4.69, 9.17) is 0 Å². The highest BCUT2D eigenvalue weighted by atomic mass is 32.2. The minimum Gasteiger partial charge on any atom is -0.350 e. The van der Waals surface area contributed by atoms with Gasteiger partial charge in [0, 0.05) is 23.5 Å². The lowest BCUT2D eigenvalue weighted by atomic mass is 10.1. The molecule has 0 unspecified atom stereocenters. The number of para-hydroxylation sites is 1. The van der Waals surface area contributed by atoms with Crippen LogP contribution in [0.5, 0.6) is 0 Å². The lowest BCUT2D eigenvalue weighted by Crippen LogP contribution is -2.38. The molecule has 1 N–H and O–H groups in total. The maximum absolute atomic E-state index is 12.3. The van der Waals surface area contributed by atoms with E-state index in [-0.39, 0.29) is 17.9 Å². The highest BCUT2D eigenvalue weighted by Gasteiger charge is 2.31. The first-order valence-electron chi connectivity index (χ1n) is 9.08. The molecule has 0 saturated carbocycles. The molecular formula is C21H22N2O2S. The van der Waals surface area contributed by atoms with Crippen LogP contribution in [0.25, 0.3) is 0 Å². The highest BCUT2D eigenvalue weighted by molar-refractivity contribution is 8.00. The number of amides is 2. The molecule has 4 nitrogen and oxygen atoms in total. The minimum atomic E-state index is -0.115. The Labute approximate surface area is 158 Å². The number of carbonyl (C=O) groups is 2. The number of nitrogens with one attached hydrogen (secondary N) is 1. The molecule has 1 fully saturated rings. The molecule has 134 valence electrons. The maximum Gasteiger partial charge on any atom is 0.230 e. The largest absolute Gasteiger partial charge is 0.350 e. The monoisotopic (exact) mass is 366 g/mol. The minimum absolute atomic E-state index is 0.0109. The maximum atomic E-state index is 12.3. The van der Waals surface area contributed by atoms with Gasteiger partial charge in [0.2, 0.25) is 11.8 Å². The molecule has 1 saturated heterocycles. The van der Waals surface area contributed by atoms with E-state index in [1.54, 1.807) is 16.7 Å². The van der Waals surface area contributed by atoms with E-state index in [9.17, 15) is 9.59 Å². The zero-order chi connectivity index (χ0) is 17.9. The van der Waals surface area contributed by atoms with Crippen LogP contribution in [0.1, 0.15) is 24.0 Å². The van der Waals surface area contributed by atoms with Crippen LogP contribution >= 0.6 is 11.8 Å². The standard InChI is InChI=1S/C21H22N2O2S/c24-20(14-26-19-10-9-15-5-4-6-16(15)11-19)22-17-12-21(25)23(13-17)18-7-2-1-3-8-18/h1-3,7-11,17H,4-6,12-14H2,(H,22,24)/t17-/m1/s1. The number of anilines is 1. The van der Waals surface area contributed by atoms with Crippen LogP contribution in [0.2, 0.25) is 0 Å². The van der Waals surface area contributed by atoms with Crippen molar-refractivity contribution in [2.24, 2.45) is 0 Å². The van der Waals surface area contributed by atoms with Crippen molar-refractivity contribution in [2.45, 2.75) is 36.6 Å². The third-order valence-corrected chi connectivity index (χ3v) is 5.99. The molecule has 1 atom stereocenters. The van der Waals surface area contributed by atoms with Crippen molar-refractivity contribution in [3.8, 4) is 0 Å². The average molecular weight is 366 g/mol. The zero-order valence-electron chi connectivity index (χ0n) is 14.6. The molecule has 1 aliphatic heterocycles. The van der Waals surface area contributed by atoms with Gasteiger partial charge in [-0.2, -0.15) is 0 Å². The zero-order valence-corrected chi connectivity index (χ0v) is 15.4. The van der Waals surface area contributed by atoms with Crippen LogP contribution in [0.4, 0.5) is 5.69 Å². The highest BCUT2D eigenvalue weighted by Crippen LogP contribution is 2.27. The van der Waals surface area contributed by atoms with Gasteiger partial charge in [-0.15, -0.1) is 11.8 Å². The van der Waals surface area contributed by atoms with E-state index in [2.05, 4.69) is 23.5 Å². The summed E-state index contributed by atoms with van der Waals surface area (Å²) < 4.78 is 0. The van der Waals surface area contributed by atoms with Gasteiger partial charge in [0.15, 0.2) is 0 Å². The number of fused-ring (bicyclic) bond motifs is 1. The van der Waals surface area contributed by atoms with Crippen molar-refractivity contribution in [3.05, 3.63) is 59.7 Å². The predicted molar refractivity (Wildman–Crippen MR) is 105 cm³/mol. The molecule has 4 rings (SSSR count). The normalized spacial score (nSPS) is 18.8. The number of hydrogen-bond acceptors (Lipinski definition) is 3. The second kappa shape index (κ2) is 7.54. The van der Waals surface area contributed by atoms with Gasteiger partial charge in [-0.1, -0.05) is 24.3 Å². The SMILES string of the molecule is O=C(CSc1ccc2c(c1)CCC2)N[C@@H]1CC(=O)N(c2ccccc2)C1. The Kier molecular flexibility index (Phi) is 4.98. The van der Waals surface area contributed by atoms with Gasteiger partial charge in [-0.25, -0.2) is 0 Å². The predicted octanol–water partition coefficient (Wildman–Crippen LogP) is 3.19. The molecule has 2 aliphatic rings. The van der Waals surface area contributed by atoms with Crippen molar-refractivity contribution in [3.63, 3.8) is 0 Å². The van der Waals surface area contributed by atoms with Crippen LogP contribution in [0, 0.1) is 0 Å². The van der Waals surface area contributed by atoms with Gasteiger partial charge in [-0.05, 0) is 54.7 Å². The first kappa shape index (κ1) is 17.2. The number of aryl methyl sites for hydroxylation is 2. The molecule has 0 aromatic heterocycles. The summed E-state index contributed by atoms with van der Waals surface area (Å²) in [6.45, 7) is 0.540. The Morgan fingerprint density at radius 3 is 2.77 bits per heavy atom. The fourth-order valence-electron chi connectivity index (χ4n) is 3.72. The van der Waals surface area contributed by atoms with E-state index < -0.39 is 0 Å². The summed E-state index contributed by atoms with van der Waals surface area (Å²) in [6, 6.07) is 16.0. The van der Waals surface area contributed by atoms with Crippen molar-refractivity contribution in [1.29, 1.82) is 0 Å². The first-order valence-corrected chi connectivity index (χ1v) is 10.1. The van der Waals surface area contributed by atoms with E-state index in [0.717, 1.165) is 17.0 Å². The lowest BCUT2D eigenvalue weighted by molar-refractivity contribution is -0.119. The number of hydrogen-bond donors (Lipinski definition) is 1. The van der Waals surface area contributed by atoms with Gasteiger partial charge in [0.05, 0.1) is 11.8 Å². The average Bonchev–Trinajstić information content (AvgIpc) is 3.26. The topological polar surface area (TPSA) is 49.4 Å². The van der Waals surface area contributed by atoms with Gasteiger partial charge in [0.25, 0.3) is 0 Å². The Morgan fingerprint density at radius 2 is 1.92 bits per heavy atom. The van der Waals surface area contributed by atoms with E-state index in [1.807, 2.05) is 30.3 Å². The summed E-state index contributed by atoms with van der Waals surface area (Å²) in [4.78, 5) is 27.4. The number of benzene rings is 2. The second-order valence-corrected chi connectivity index (χ2v) is 7.93. The Bertz CT molecular complexity index is 822. The molecule has 26 heavy (non-hydrogen) atoms. The summed E-state index contributed by atoms with van der Waals surface area (Å²) in [5, 5.41) is 3.01. The molecule has 2 amide bonds. The van der Waals surface area contributed by atoms with Crippen LogP contribution in [-0.2, 0) is 22.4 Å². The Morgan fingerprint density at radius 1 is 1.12 bits per heavy atom. The number of carbonyl (C=O) groups excluding carboxylic acids is 2. The third-order valence-electron chi connectivity index (χ3n) is 5.00. The fourth-order valence-corrected chi connectivity index (χ4v) is 4.49. The Balaban J connectivity index is 1.29. The van der Waals surface area contributed by atoms with Gasteiger partial charge >= 0.3 is 0 Å². The van der Waals surface area contributed by atoms with Gasteiger partial charge < -0.3 is 10.2 Å². The molecule has 0 bridgehead atoms. The van der Waals surface area contributed by atoms with Gasteiger partial charge in [-0.3, -0.25) is 9.59 Å². The number of thioether (sulfide) groups is 1. The molecule has 2 aromatic carbocycles. The summed E-state index contributed by atoms with van der Waals surface area (Å²) >= 11 is 1.57. The van der Waals surface area contributed by atoms with Crippen LogP contribution in [0.3, 0.4) is 0 Å². The van der Waals surface area contributed by atoms with Crippen LogP contribution in [0.15, 0.2) is 53.4 Å². The molecule has 2 aromatic rings. The molecule has 0 radical (unpaired) electrons. The molecule has 1 aliphatic carbocycles. The van der Waals surface area contributed by atoms with E-state index in [0.29, 0.717) is 18.7 Å². The first-order chi connectivity index (χ1) is 12.7. The number of rotatable bonds is 5. The van der Waals surface area contributed by atoms with Gasteiger partial charge in [0.1, 0.15) is 0 Å². The summed E-state index contributed by atoms with van der Waals surface area (Å²) in [5.74, 6) is 0.436. The van der Waals surface area contributed by atoms with Crippen molar-refractivity contribution in [2.75, 3.05) is 17.2 Å². The summed E-state index contributed by atoms with van der Waals surface area (Å²) in [6.07, 6.45) is 3.92. The lowest BCUT2D eigenvalue weighted by Gasteiger charge is -2.17. The quantitative estimate of drug-likeness (QED) is 0.827. The number of nitrogens with zero attached hydrogens (tertiary/aromatic N) is 1. The fraction of sp³-hybridized carbons (Fsp3) is 0.333. The van der Waals surface area contributed by atoms with Crippen molar-refractivity contribution < 1.29 is 9.59 Å². The van der Waals surface area contributed by atoms with Crippen LogP contribution < -0.4 is 10.2 Å². The van der Waals surface area contributed by atoms with Crippen molar-refractivity contribution in [1.82, 2.24) is 5.32 Å². The molecule has 5 heteroatoms. The Hall–Kier alpha value is -2.27. The van der Waals surface area contributed by atoms with Crippen molar-refractivity contribution >= 4 is 29.3 Å². The smallest absolute Gasteiger partial charge is 0.230 e. The van der Waals surface area contributed by atoms with E-state index in [1.165, 1.54) is 24.0 Å². The molecule has 1 heterocycles. The molecule has 0 spiro atoms. The van der Waals surface area contributed by atoms with E-state index >= 15 is 0 Å². The summed E-state index contributed by atoms with van der Waals surface area (Å²) in [5.41, 5.74) is 3.77. The summed E-state index contributed by atoms with van der Waals surface area (Å²) in [7, 11) is 0. The second-order valence-electron chi connectivity index (χ2n) is 6.88. The molecular weight excluding hydrogens is 344 g/mol. The van der Waals surface area contributed by atoms with Crippen LogP contribution in [-0.4, -0.2) is 30.2 Å².